The summed E-state index contributed by atoms with van der Waals surface area (Å²) in [6.07, 6.45) is 0. The lowest BCUT2D eigenvalue weighted by Crippen LogP contribution is -1.32. The molecule has 0 unspecified atom stereocenters. The Morgan fingerprint density at radius 1 is 2.00 bits per heavy atom. The Balaban J connectivity index is 2.80. The number of hydrogen-bond donors (Lipinski definition) is 0. The maximum Gasteiger partial charge on any atom is -0.0197 e. The van der Waals surface area contributed by atoms with E-state index in [0.717, 1.165) is 3.58 Å². The zero-order chi connectivity index (χ0) is 3.58. The predicted octanol–water partition coefficient (Wildman–Crippen LogP) is 1.96. The maximum absolute atomic E-state index is 3.54. The zero-order valence-electron chi connectivity index (χ0n) is 2.59. The minimum Gasteiger partial charge on any atom is -0.0900 e. The topological polar surface area (TPSA) is 0 Å². The van der Waals surface area contributed by atoms with Crippen molar-refractivity contribution in [3.63, 3.8) is 0 Å². The van der Waals surface area contributed by atoms with Crippen molar-refractivity contribution in [1.82, 2.24) is 0 Å². The molecule has 0 aliphatic carbocycles. The molecule has 0 amide bonds. The molecule has 0 spiro atoms. The summed E-state index contributed by atoms with van der Waals surface area (Å²) in [5.41, 5.74) is 0. The Bertz CT molecular complexity index is 26.3. The Morgan fingerprint density at radius 3 is 2.00 bits per heavy atom. The van der Waals surface area contributed by atoms with Gasteiger partial charge in [-0.05, 0) is 10.5 Å². The third-order valence-electron chi connectivity index (χ3n) is 0. The van der Waals surface area contributed by atoms with Gasteiger partial charge in [-0.15, -0.1) is 0 Å². The van der Waals surface area contributed by atoms with E-state index in [-0.39, 0.29) is 0 Å². The van der Waals surface area contributed by atoms with Crippen molar-refractivity contribution < 1.29 is 0 Å². The maximum atomic E-state index is 3.54. The van der Waals surface area contributed by atoms with Gasteiger partial charge in [0.15, 0.2) is 0 Å². The quantitative estimate of drug-likeness (QED) is 0.485. The van der Waals surface area contributed by atoms with Crippen LogP contribution in [0.1, 0.15) is 6.92 Å². The molecular formula is C3H5I. The van der Waals surface area contributed by atoms with Gasteiger partial charge >= 0.3 is 0 Å². The first-order valence-electron chi connectivity index (χ1n) is 1.04. The Hall–Kier alpha value is 0.470. The van der Waals surface area contributed by atoms with Crippen LogP contribution in [0.2, 0.25) is 0 Å². The highest BCUT2D eigenvalue weighted by Gasteiger charge is 1.55. The Morgan fingerprint density at radius 2 is 2.00 bits per heavy atom. The average molecular weight is 168 g/mol. The van der Waals surface area contributed by atoms with Crippen LogP contribution in [0.3, 0.4) is 0 Å². The third-order valence-corrected chi connectivity index (χ3v) is 0. The number of hydrogen-bond acceptors (Lipinski definition) is 0. The fourth-order valence-corrected chi connectivity index (χ4v) is 0. The first kappa shape index (κ1) is 4.47. The summed E-state index contributed by atoms with van der Waals surface area (Å²) in [7, 11) is 0. The van der Waals surface area contributed by atoms with Crippen LogP contribution < -0.4 is 0 Å². The van der Waals surface area contributed by atoms with Gasteiger partial charge in [0, 0.05) is 0 Å². The lowest BCUT2D eigenvalue weighted by Gasteiger charge is -1.62. The van der Waals surface area contributed by atoms with E-state index in [0.29, 0.717) is 0 Å². The van der Waals surface area contributed by atoms with Crippen LogP contribution in [0.25, 0.3) is 0 Å². The normalized spacial score (nSPS) is 6.50. The predicted molar refractivity (Wildman–Crippen MR) is 28.8 cm³/mol. The standard InChI is InChI=1S/C3H5I/c1-3(2)4/h1H2,2H3. The monoisotopic (exact) mass is 168 g/mol. The molecule has 24 valence electrons. The molecule has 0 aromatic heterocycles. The van der Waals surface area contributed by atoms with Crippen molar-refractivity contribution >= 4 is 22.6 Å². The lowest BCUT2D eigenvalue weighted by atomic mass is 10.8. The molecule has 0 heterocycles. The molecule has 0 aromatic rings. The van der Waals surface area contributed by atoms with Gasteiger partial charge in [-0.1, -0.05) is 29.2 Å². The first-order chi connectivity index (χ1) is 1.73. The highest BCUT2D eigenvalue weighted by Crippen LogP contribution is 1.94. The van der Waals surface area contributed by atoms with Gasteiger partial charge in [-0.2, -0.15) is 0 Å². The van der Waals surface area contributed by atoms with E-state index in [1.807, 2.05) is 6.92 Å². The van der Waals surface area contributed by atoms with Crippen molar-refractivity contribution in [3.05, 3.63) is 10.2 Å². The summed E-state index contributed by atoms with van der Waals surface area (Å²) in [6, 6.07) is 0. The van der Waals surface area contributed by atoms with Gasteiger partial charge in [0.1, 0.15) is 0 Å². The van der Waals surface area contributed by atoms with E-state index in [4.69, 9.17) is 0 Å². The molecule has 0 fully saturated rings. The molecule has 0 saturated carbocycles. The summed E-state index contributed by atoms with van der Waals surface area (Å²) in [6.45, 7) is 5.50. The van der Waals surface area contributed by atoms with Gasteiger partial charge in [0.05, 0.1) is 0 Å². The molecule has 0 rings (SSSR count). The molecule has 0 aliphatic rings. The summed E-state index contributed by atoms with van der Waals surface area (Å²) >= 11 is 2.15. The SMILES string of the molecule is C=C(C)I. The largest absolute Gasteiger partial charge is 0.0900 e. The van der Waals surface area contributed by atoms with E-state index >= 15 is 0 Å². The van der Waals surface area contributed by atoms with E-state index in [2.05, 4.69) is 29.2 Å². The van der Waals surface area contributed by atoms with Gasteiger partial charge in [-0.25, -0.2) is 0 Å². The van der Waals surface area contributed by atoms with E-state index in [9.17, 15) is 0 Å². The summed E-state index contributed by atoms with van der Waals surface area (Å²) in [4.78, 5) is 0. The van der Waals surface area contributed by atoms with Crippen molar-refractivity contribution in [2.24, 2.45) is 0 Å². The molecule has 0 bridgehead atoms. The third kappa shape index (κ3) is 24.2. The fraction of sp³-hybridized carbons (Fsp3) is 0.333. The minimum absolute atomic E-state index is 1.14. The summed E-state index contributed by atoms with van der Waals surface area (Å²) in [5, 5.41) is 0. The zero-order valence-corrected chi connectivity index (χ0v) is 4.74. The molecule has 0 nitrogen and oxygen atoms in total. The van der Waals surface area contributed by atoms with E-state index in [1.54, 1.807) is 0 Å². The van der Waals surface area contributed by atoms with Crippen molar-refractivity contribution in [3.8, 4) is 0 Å². The fourth-order valence-electron chi connectivity index (χ4n) is 0. The molecule has 0 saturated heterocycles. The molecule has 1 heteroatoms. The van der Waals surface area contributed by atoms with Crippen molar-refractivity contribution in [1.29, 1.82) is 0 Å². The summed E-state index contributed by atoms with van der Waals surface area (Å²) in [5.74, 6) is 0. The second-order valence-electron chi connectivity index (χ2n) is 0.676. The van der Waals surface area contributed by atoms with Crippen LogP contribution in [-0.2, 0) is 0 Å². The first-order valence-corrected chi connectivity index (χ1v) is 2.12. The second-order valence-corrected chi connectivity index (χ2v) is 2.52. The number of rotatable bonds is 0. The molecule has 4 heavy (non-hydrogen) atoms. The number of halogens is 1. The molecular weight excluding hydrogens is 163 g/mol. The van der Waals surface area contributed by atoms with Crippen LogP contribution in [0, 0.1) is 0 Å². The van der Waals surface area contributed by atoms with Crippen LogP contribution in [0.5, 0.6) is 0 Å². The van der Waals surface area contributed by atoms with Crippen molar-refractivity contribution in [2.75, 3.05) is 0 Å². The smallest absolute Gasteiger partial charge is 0.0197 e. The molecule has 0 aromatic carbocycles. The van der Waals surface area contributed by atoms with Crippen LogP contribution in [-0.4, -0.2) is 0 Å². The minimum atomic E-state index is 1.14. The summed E-state index contributed by atoms with van der Waals surface area (Å²) < 4.78 is 1.14. The number of allylic oxidation sites excluding steroid dienone is 1. The lowest BCUT2D eigenvalue weighted by molar-refractivity contribution is 1.77. The van der Waals surface area contributed by atoms with Gasteiger partial charge < -0.3 is 0 Å². The molecule has 0 aliphatic heterocycles. The highest BCUT2D eigenvalue weighted by atomic mass is 127. The van der Waals surface area contributed by atoms with Crippen LogP contribution >= 0.6 is 22.6 Å². The molecule has 0 radical (unpaired) electrons. The van der Waals surface area contributed by atoms with Gasteiger partial charge in [0.2, 0.25) is 0 Å². The van der Waals surface area contributed by atoms with Gasteiger partial charge in [0.25, 0.3) is 0 Å². The average Bonchev–Trinajstić information content (AvgIpc) is 0.811. The van der Waals surface area contributed by atoms with Crippen LogP contribution in [0.4, 0.5) is 0 Å². The van der Waals surface area contributed by atoms with Crippen molar-refractivity contribution in [2.45, 2.75) is 6.92 Å². The highest BCUT2D eigenvalue weighted by molar-refractivity contribution is 14.1. The Kier molecular flexibility index (Phi) is 1.96. The molecule has 0 N–H and O–H groups in total. The van der Waals surface area contributed by atoms with Crippen LogP contribution in [0.15, 0.2) is 10.2 Å². The van der Waals surface area contributed by atoms with Gasteiger partial charge in [-0.3, -0.25) is 0 Å². The molecule has 0 atom stereocenters. The van der Waals surface area contributed by atoms with E-state index in [1.165, 1.54) is 0 Å². The second kappa shape index (κ2) is 1.76. The Labute approximate surface area is 40.0 Å². The van der Waals surface area contributed by atoms with E-state index < -0.39 is 0 Å².